The summed E-state index contributed by atoms with van der Waals surface area (Å²) in [7, 11) is -5.78. The van der Waals surface area contributed by atoms with Crippen LogP contribution in [0.1, 0.15) is 11.1 Å². The molecule has 0 saturated carbocycles. The molecule has 7 rings (SSSR count). The minimum atomic E-state index is -3.84. The lowest BCUT2D eigenvalue weighted by molar-refractivity contribution is 0.469. The van der Waals surface area contributed by atoms with Gasteiger partial charge in [0.2, 0.25) is 19.7 Å². The smallest absolute Gasteiger partial charge is 0.333 e. The Morgan fingerprint density at radius 1 is 0.451 bits per heavy atom. The molecule has 0 spiro atoms. The molecule has 6 aromatic carbocycles. The second-order valence-electron chi connectivity index (χ2n) is 12.1. The van der Waals surface area contributed by atoms with E-state index in [2.05, 4.69) is 0 Å². The largest absolute Gasteiger partial charge is 0.457 e. The third kappa shape index (κ3) is 6.56. The van der Waals surface area contributed by atoms with Gasteiger partial charge in [-0.3, -0.25) is 9.13 Å². The number of hydrogen-bond donors (Lipinski definition) is 0. The predicted octanol–water partition coefficient (Wildman–Crippen LogP) is 8.20. The van der Waals surface area contributed by atoms with E-state index in [4.69, 9.17) is 9.47 Å². The molecule has 0 N–H and O–H groups in total. The van der Waals surface area contributed by atoms with Crippen molar-refractivity contribution < 1.29 is 26.3 Å². The second-order valence-corrected chi connectivity index (χ2v) is 16.0. The van der Waals surface area contributed by atoms with Gasteiger partial charge in [-0.05, 0) is 141 Å². The van der Waals surface area contributed by atoms with Crippen molar-refractivity contribution >= 4 is 30.7 Å². The molecule has 256 valence electrons. The lowest BCUT2D eigenvalue weighted by Crippen LogP contribution is -2.20. The molecule has 1 aromatic heterocycles. The maximum Gasteiger partial charge on any atom is 0.333 e. The summed E-state index contributed by atoms with van der Waals surface area (Å²) in [6.07, 6.45) is 0. The van der Waals surface area contributed by atoms with E-state index in [9.17, 15) is 21.6 Å². The van der Waals surface area contributed by atoms with E-state index in [0.717, 1.165) is 22.2 Å². The van der Waals surface area contributed by atoms with E-state index >= 15 is 0 Å². The molecule has 0 saturated heterocycles. The number of sulfone groups is 2. The number of ether oxygens (including phenoxy) is 2. The second kappa shape index (κ2) is 13.1. The lowest BCUT2D eigenvalue weighted by atomic mass is 10.2. The molecule has 9 nitrogen and oxygen atoms in total. The van der Waals surface area contributed by atoms with Crippen molar-refractivity contribution in [3.8, 4) is 28.7 Å². The summed E-state index contributed by atoms with van der Waals surface area (Å²) < 4.78 is 67.8. The summed E-state index contributed by atoms with van der Waals surface area (Å²) in [5.74, 6) is 1.93. The van der Waals surface area contributed by atoms with Gasteiger partial charge in [-0.2, -0.15) is 0 Å². The monoisotopic (exact) mass is 716 g/mol. The number of aromatic nitrogens is 2. The Bertz CT molecular complexity index is 2660. The highest BCUT2D eigenvalue weighted by atomic mass is 32.2. The maximum atomic E-state index is 13.5. The van der Waals surface area contributed by atoms with Gasteiger partial charge in [-0.25, -0.2) is 21.6 Å². The molecular formula is C40H32N2O7S2. The quantitative estimate of drug-likeness (QED) is 0.148. The first-order valence-electron chi connectivity index (χ1n) is 15.9. The molecule has 0 radical (unpaired) electrons. The molecule has 0 aliphatic heterocycles. The van der Waals surface area contributed by atoms with Crippen LogP contribution in [0.4, 0.5) is 0 Å². The van der Waals surface area contributed by atoms with Gasteiger partial charge in [-0.15, -0.1) is 0 Å². The van der Waals surface area contributed by atoms with Crippen LogP contribution in [0.5, 0.6) is 23.0 Å². The third-order valence-electron chi connectivity index (χ3n) is 8.51. The fraction of sp³-hybridized carbons (Fsp3) is 0.0750. The van der Waals surface area contributed by atoms with Gasteiger partial charge in [0.1, 0.15) is 23.0 Å². The Balaban J connectivity index is 1.00. The summed E-state index contributed by atoms with van der Waals surface area (Å²) in [6, 6.07) is 37.9. The number of aryl methyl sites for hydroxylation is 3. The zero-order chi connectivity index (χ0) is 35.9. The molecule has 0 bridgehead atoms. The van der Waals surface area contributed by atoms with Gasteiger partial charge in [0.25, 0.3) is 0 Å². The summed E-state index contributed by atoms with van der Waals surface area (Å²) in [4.78, 5) is 13.6. The highest BCUT2D eigenvalue weighted by Crippen LogP contribution is 2.30. The standard InChI is InChI=1S/C40H32N2O7S2/c1-27-4-17-34(18-5-27)50(44,45)36-21-13-32(14-22-36)48-30-9-11-31(12-10-30)49-33-15-23-37(24-16-33)51(46,47)35-19-7-29(8-20-35)42-39-26-28(2)6-25-38(39)41(3)40(42)43/h4-26H,1-3H3. The van der Waals surface area contributed by atoms with Crippen LogP contribution in [0.2, 0.25) is 0 Å². The van der Waals surface area contributed by atoms with E-state index < -0.39 is 19.7 Å². The van der Waals surface area contributed by atoms with Gasteiger partial charge < -0.3 is 9.47 Å². The van der Waals surface area contributed by atoms with Crippen molar-refractivity contribution in [1.29, 1.82) is 0 Å². The van der Waals surface area contributed by atoms with Crippen LogP contribution in [0.3, 0.4) is 0 Å². The van der Waals surface area contributed by atoms with Crippen molar-refractivity contribution in [2.45, 2.75) is 33.4 Å². The van der Waals surface area contributed by atoms with Crippen LogP contribution in [0.15, 0.2) is 164 Å². The van der Waals surface area contributed by atoms with E-state index in [1.807, 2.05) is 32.0 Å². The fourth-order valence-corrected chi connectivity index (χ4v) is 8.21. The molecule has 0 aliphatic carbocycles. The Labute approximate surface area is 295 Å². The lowest BCUT2D eigenvalue weighted by Gasteiger charge is -2.10. The van der Waals surface area contributed by atoms with Crippen molar-refractivity contribution in [3.63, 3.8) is 0 Å². The molecule has 0 unspecified atom stereocenters. The number of benzene rings is 6. The van der Waals surface area contributed by atoms with Crippen LogP contribution in [0, 0.1) is 13.8 Å². The Morgan fingerprint density at radius 2 is 0.804 bits per heavy atom. The summed E-state index contributed by atoms with van der Waals surface area (Å²) >= 11 is 0. The molecule has 7 aromatic rings. The van der Waals surface area contributed by atoms with Crippen LogP contribution in [-0.4, -0.2) is 26.0 Å². The molecule has 1 heterocycles. The van der Waals surface area contributed by atoms with Gasteiger partial charge >= 0.3 is 5.69 Å². The Hall–Kier alpha value is -5.91. The molecule has 51 heavy (non-hydrogen) atoms. The van der Waals surface area contributed by atoms with Gasteiger partial charge in [-0.1, -0.05) is 23.8 Å². The summed E-state index contributed by atoms with van der Waals surface area (Å²) in [6.45, 7) is 3.85. The first kappa shape index (κ1) is 33.6. The SMILES string of the molecule is Cc1ccc(S(=O)(=O)c2ccc(Oc3ccc(Oc4ccc(S(=O)(=O)c5ccc(-n6c(=O)n(C)c7ccc(C)cc76)cc5)cc4)cc3)cc2)cc1. The summed E-state index contributed by atoms with van der Waals surface area (Å²) in [5.41, 5.74) is 3.86. The number of fused-ring (bicyclic) bond motifs is 1. The first-order chi connectivity index (χ1) is 24.4. The zero-order valence-corrected chi connectivity index (χ0v) is 29.5. The van der Waals surface area contributed by atoms with Crippen molar-refractivity contribution in [2.24, 2.45) is 7.05 Å². The number of hydrogen-bond acceptors (Lipinski definition) is 7. The maximum absolute atomic E-state index is 13.5. The van der Waals surface area contributed by atoms with Gasteiger partial charge in [0, 0.05) is 7.05 Å². The highest BCUT2D eigenvalue weighted by molar-refractivity contribution is 7.91. The normalized spacial score (nSPS) is 11.8. The van der Waals surface area contributed by atoms with E-state index in [1.165, 1.54) is 36.4 Å². The van der Waals surface area contributed by atoms with E-state index in [-0.39, 0.29) is 25.3 Å². The number of nitrogens with zero attached hydrogens (tertiary/aromatic N) is 2. The van der Waals surface area contributed by atoms with Crippen LogP contribution >= 0.6 is 0 Å². The predicted molar refractivity (Wildman–Crippen MR) is 195 cm³/mol. The minimum absolute atomic E-state index is 0.0991. The van der Waals surface area contributed by atoms with Crippen LogP contribution in [0.25, 0.3) is 16.7 Å². The molecule has 0 aliphatic rings. The average molecular weight is 717 g/mol. The fourth-order valence-electron chi connectivity index (χ4n) is 5.69. The molecule has 0 amide bonds. The number of rotatable bonds is 9. The zero-order valence-electron chi connectivity index (χ0n) is 27.8. The van der Waals surface area contributed by atoms with Crippen molar-refractivity contribution in [2.75, 3.05) is 0 Å². The average Bonchev–Trinajstić information content (AvgIpc) is 3.37. The van der Waals surface area contributed by atoms with E-state index in [0.29, 0.717) is 28.7 Å². The van der Waals surface area contributed by atoms with Crippen molar-refractivity contribution in [3.05, 3.63) is 161 Å². The van der Waals surface area contributed by atoms with Crippen LogP contribution in [-0.2, 0) is 26.7 Å². The van der Waals surface area contributed by atoms with E-state index in [1.54, 1.807) is 101 Å². The van der Waals surface area contributed by atoms with Gasteiger partial charge in [0.05, 0.1) is 36.3 Å². The molecular weight excluding hydrogens is 685 g/mol. The molecule has 11 heteroatoms. The molecule has 0 atom stereocenters. The third-order valence-corrected chi connectivity index (χ3v) is 12.1. The van der Waals surface area contributed by atoms with Gasteiger partial charge in [0.15, 0.2) is 0 Å². The summed E-state index contributed by atoms with van der Waals surface area (Å²) in [5, 5.41) is 0. The number of imidazole rings is 1. The minimum Gasteiger partial charge on any atom is -0.457 e. The highest BCUT2D eigenvalue weighted by Gasteiger charge is 2.20. The topological polar surface area (TPSA) is 114 Å². The van der Waals surface area contributed by atoms with Crippen molar-refractivity contribution in [1.82, 2.24) is 9.13 Å². The Morgan fingerprint density at radius 3 is 1.24 bits per heavy atom. The van der Waals surface area contributed by atoms with Crippen LogP contribution < -0.4 is 15.2 Å². The Kier molecular flexibility index (Phi) is 8.62. The molecule has 0 fully saturated rings. The first-order valence-corrected chi connectivity index (χ1v) is 18.9.